The quantitative estimate of drug-likeness (QED) is 0.170. The Kier molecular flexibility index (Phi) is 6.25. The number of halogens is 1. The second-order valence-corrected chi connectivity index (χ2v) is 6.77. The number of nitrogens with zero attached hydrogens (tertiary/aromatic N) is 2. The van der Waals surface area contributed by atoms with Crippen molar-refractivity contribution >= 4 is 47.2 Å². The first kappa shape index (κ1) is 22.5. The third kappa shape index (κ3) is 4.59. The summed E-state index contributed by atoms with van der Waals surface area (Å²) < 4.78 is 14.7. The highest BCUT2D eigenvalue weighted by Gasteiger charge is 2.35. The number of urea groups is 1. The van der Waals surface area contributed by atoms with Gasteiger partial charge in [-0.2, -0.15) is 0 Å². The summed E-state index contributed by atoms with van der Waals surface area (Å²) in [6, 6.07) is 4.14. The smallest absolute Gasteiger partial charge is 0.373 e. The molecule has 2 aromatic rings. The van der Waals surface area contributed by atoms with Crippen molar-refractivity contribution in [1.82, 2.24) is 10.2 Å². The fourth-order valence-corrected chi connectivity index (χ4v) is 3.02. The zero-order chi connectivity index (χ0) is 23.6. The molecule has 3 rings (SSSR count). The SMILES string of the molecule is COC(=O)c1ccc(CN2C(=O)N/C(=C\c3cc(Cl)cc([N+](=O)[O-])c3OC(C)=O)C2=O)o1. The number of amides is 3. The highest BCUT2D eigenvalue weighted by molar-refractivity contribution is 6.31. The molecule has 1 aromatic carbocycles. The topological polar surface area (TPSA) is 158 Å². The van der Waals surface area contributed by atoms with Crippen LogP contribution < -0.4 is 10.1 Å². The van der Waals surface area contributed by atoms with Crippen LogP contribution in [0.2, 0.25) is 5.02 Å². The predicted octanol–water partition coefficient (Wildman–Crippen LogP) is 2.65. The number of furan rings is 1. The van der Waals surface area contributed by atoms with Gasteiger partial charge in [0, 0.05) is 23.6 Å². The number of methoxy groups -OCH3 is 1. The Hall–Kier alpha value is -4.19. The van der Waals surface area contributed by atoms with Crippen LogP contribution in [0.4, 0.5) is 10.5 Å². The molecule has 0 spiro atoms. The molecule has 0 bridgehead atoms. The van der Waals surface area contributed by atoms with Crippen LogP contribution in [0.1, 0.15) is 28.8 Å². The summed E-state index contributed by atoms with van der Waals surface area (Å²) in [5.74, 6) is -2.76. The molecular weight excluding hydrogens is 450 g/mol. The van der Waals surface area contributed by atoms with Gasteiger partial charge in [-0.3, -0.25) is 24.6 Å². The van der Waals surface area contributed by atoms with Crippen molar-refractivity contribution in [2.75, 3.05) is 7.11 Å². The van der Waals surface area contributed by atoms with E-state index in [1.54, 1.807) is 0 Å². The molecule has 0 radical (unpaired) electrons. The first-order valence-corrected chi connectivity index (χ1v) is 9.16. The number of nitro benzene ring substituents is 1. The fourth-order valence-electron chi connectivity index (χ4n) is 2.80. The molecule has 0 atom stereocenters. The number of carbonyl (C=O) groups excluding carboxylic acids is 4. The largest absolute Gasteiger partial charge is 0.463 e. The maximum atomic E-state index is 12.7. The second-order valence-electron chi connectivity index (χ2n) is 6.33. The molecule has 13 heteroatoms. The van der Waals surface area contributed by atoms with E-state index in [0.29, 0.717) is 0 Å². The van der Waals surface area contributed by atoms with Gasteiger partial charge in [0.05, 0.1) is 18.6 Å². The molecule has 1 saturated heterocycles. The number of imide groups is 1. The van der Waals surface area contributed by atoms with E-state index in [2.05, 4.69) is 10.1 Å². The first-order valence-electron chi connectivity index (χ1n) is 8.78. The van der Waals surface area contributed by atoms with E-state index in [4.69, 9.17) is 20.8 Å². The number of ether oxygens (including phenoxy) is 2. The molecule has 32 heavy (non-hydrogen) atoms. The van der Waals surface area contributed by atoms with Crippen molar-refractivity contribution in [3.8, 4) is 5.75 Å². The van der Waals surface area contributed by atoms with Gasteiger partial charge >= 0.3 is 23.7 Å². The van der Waals surface area contributed by atoms with Crippen molar-refractivity contribution in [3.63, 3.8) is 0 Å². The minimum atomic E-state index is -0.835. The van der Waals surface area contributed by atoms with Gasteiger partial charge in [0.2, 0.25) is 11.5 Å². The van der Waals surface area contributed by atoms with Gasteiger partial charge in [-0.05, 0) is 24.3 Å². The molecule has 2 heterocycles. The van der Waals surface area contributed by atoms with Crippen LogP contribution in [0.5, 0.6) is 5.75 Å². The fraction of sp³-hybridized carbons (Fsp3) is 0.158. The van der Waals surface area contributed by atoms with Crippen molar-refractivity contribution in [2.24, 2.45) is 0 Å². The lowest BCUT2D eigenvalue weighted by Gasteiger charge is -2.09. The predicted molar refractivity (Wildman–Crippen MR) is 107 cm³/mol. The van der Waals surface area contributed by atoms with Crippen LogP contribution in [0.3, 0.4) is 0 Å². The number of benzene rings is 1. The lowest BCUT2D eigenvalue weighted by atomic mass is 10.1. The molecule has 3 amide bonds. The Bertz CT molecular complexity index is 1180. The summed E-state index contributed by atoms with van der Waals surface area (Å²) in [7, 11) is 1.17. The number of carbonyl (C=O) groups is 4. The second kappa shape index (κ2) is 8.89. The van der Waals surface area contributed by atoms with Gasteiger partial charge in [-0.15, -0.1) is 0 Å². The van der Waals surface area contributed by atoms with Crippen molar-refractivity contribution in [1.29, 1.82) is 0 Å². The van der Waals surface area contributed by atoms with Crippen molar-refractivity contribution in [3.05, 3.63) is 62.2 Å². The van der Waals surface area contributed by atoms with E-state index in [1.165, 1.54) is 25.3 Å². The van der Waals surface area contributed by atoms with Gasteiger partial charge in [0.15, 0.2) is 0 Å². The van der Waals surface area contributed by atoms with E-state index >= 15 is 0 Å². The lowest BCUT2D eigenvalue weighted by molar-refractivity contribution is -0.385. The first-order chi connectivity index (χ1) is 15.1. The van der Waals surface area contributed by atoms with E-state index in [9.17, 15) is 29.3 Å². The number of hydrogen-bond acceptors (Lipinski definition) is 9. The average molecular weight is 464 g/mol. The van der Waals surface area contributed by atoms with E-state index < -0.39 is 40.2 Å². The minimum Gasteiger partial charge on any atom is -0.463 e. The Morgan fingerprint density at radius 3 is 2.66 bits per heavy atom. The van der Waals surface area contributed by atoms with Crippen LogP contribution in [0.25, 0.3) is 6.08 Å². The highest BCUT2D eigenvalue weighted by atomic mass is 35.5. The zero-order valence-corrected chi connectivity index (χ0v) is 17.3. The van der Waals surface area contributed by atoms with Gasteiger partial charge in [0.25, 0.3) is 5.91 Å². The molecule has 0 unspecified atom stereocenters. The van der Waals surface area contributed by atoms with Crippen LogP contribution in [-0.2, 0) is 20.9 Å². The van der Waals surface area contributed by atoms with Crippen LogP contribution in [-0.4, -0.2) is 40.8 Å². The third-order valence-corrected chi connectivity index (χ3v) is 4.35. The molecule has 0 saturated carbocycles. The molecule has 1 N–H and O–H groups in total. The van der Waals surface area contributed by atoms with Crippen molar-refractivity contribution in [2.45, 2.75) is 13.5 Å². The van der Waals surface area contributed by atoms with Crippen LogP contribution in [0.15, 0.2) is 34.4 Å². The van der Waals surface area contributed by atoms with Gasteiger partial charge in [-0.1, -0.05) is 11.6 Å². The van der Waals surface area contributed by atoms with Gasteiger partial charge in [-0.25, -0.2) is 9.59 Å². The molecule has 12 nitrogen and oxygen atoms in total. The Labute approximate surface area is 184 Å². The number of hydrogen-bond donors (Lipinski definition) is 1. The molecule has 0 aliphatic carbocycles. The zero-order valence-electron chi connectivity index (χ0n) is 16.5. The van der Waals surface area contributed by atoms with Crippen molar-refractivity contribution < 1.29 is 38.0 Å². The maximum absolute atomic E-state index is 12.7. The maximum Gasteiger partial charge on any atom is 0.373 e. The Balaban J connectivity index is 1.93. The lowest BCUT2D eigenvalue weighted by Crippen LogP contribution is -2.30. The van der Waals surface area contributed by atoms with Gasteiger partial charge in [0.1, 0.15) is 11.5 Å². The summed E-state index contributed by atoms with van der Waals surface area (Å²) >= 11 is 5.92. The monoisotopic (exact) mass is 463 g/mol. The molecular formula is C19H14ClN3O9. The normalized spacial score (nSPS) is 14.5. The highest BCUT2D eigenvalue weighted by Crippen LogP contribution is 2.36. The minimum absolute atomic E-state index is 0.0565. The number of esters is 2. The Morgan fingerprint density at radius 2 is 2.03 bits per heavy atom. The molecule has 1 aromatic heterocycles. The number of nitro groups is 1. The summed E-state index contributed by atoms with van der Waals surface area (Å²) in [5, 5.41) is 13.6. The summed E-state index contributed by atoms with van der Waals surface area (Å²) in [4.78, 5) is 59.2. The average Bonchev–Trinajstić information content (AvgIpc) is 3.29. The van der Waals surface area contributed by atoms with Crippen LogP contribution in [0, 0.1) is 10.1 Å². The Morgan fingerprint density at radius 1 is 1.31 bits per heavy atom. The molecule has 1 fully saturated rings. The van der Waals surface area contributed by atoms with E-state index in [-0.39, 0.29) is 34.3 Å². The van der Waals surface area contributed by atoms with Crippen LogP contribution >= 0.6 is 11.6 Å². The standard InChI is InChI=1S/C19H14ClN3O9/c1-9(24)31-16-10(5-11(20)7-14(16)23(28)29)6-13-17(25)22(19(27)21-13)8-12-3-4-15(32-12)18(26)30-2/h3-7H,8H2,1-2H3,(H,21,27)/b13-6-. The molecule has 166 valence electrons. The van der Waals surface area contributed by atoms with E-state index in [0.717, 1.165) is 24.0 Å². The summed E-state index contributed by atoms with van der Waals surface area (Å²) in [6.07, 6.45) is 1.10. The molecule has 1 aliphatic heterocycles. The van der Waals surface area contributed by atoms with Gasteiger partial charge < -0.3 is 19.2 Å². The summed E-state index contributed by atoms with van der Waals surface area (Å²) in [6.45, 7) is 0.747. The number of rotatable bonds is 6. The van der Waals surface area contributed by atoms with E-state index in [1.807, 2.05) is 0 Å². The summed E-state index contributed by atoms with van der Waals surface area (Å²) in [5.41, 5.74) is -0.922. The number of nitrogens with one attached hydrogen (secondary N) is 1. The molecule has 1 aliphatic rings. The third-order valence-electron chi connectivity index (χ3n) is 4.13.